The predicted octanol–water partition coefficient (Wildman–Crippen LogP) is 2.76. The van der Waals surface area contributed by atoms with Crippen LogP contribution in [0.25, 0.3) is 0 Å². The first kappa shape index (κ1) is 13.0. The van der Waals surface area contributed by atoms with Crippen LogP contribution in [0.5, 0.6) is 0 Å². The molecule has 1 aromatic rings. The Bertz CT molecular complexity index is 409. The first-order chi connectivity index (χ1) is 8.79. The number of rotatable bonds is 2. The number of benzene rings is 1. The third-order valence-electron chi connectivity index (χ3n) is 3.37. The van der Waals surface area contributed by atoms with Crippen molar-refractivity contribution < 1.29 is 4.39 Å². The molecule has 1 aliphatic carbocycles. The smallest absolute Gasteiger partial charge is 0.142 e. The number of nitrogens with two attached hydrogens (primary N) is 1. The summed E-state index contributed by atoms with van der Waals surface area (Å²) >= 11 is 0. The summed E-state index contributed by atoms with van der Waals surface area (Å²) < 4.78 is 13.2. The van der Waals surface area contributed by atoms with Crippen LogP contribution in [0.2, 0.25) is 0 Å². The van der Waals surface area contributed by atoms with E-state index in [9.17, 15) is 4.39 Å². The maximum atomic E-state index is 13.2. The first-order valence-electron chi connectivity index (χ1n) is 6.60. The van der Waals surface area contributed by atoms with Crippen molar-refractivity contribution in [2.75, 3.05) is 0 Å². The van der Waals surface area contributed by atoms with Gasteiger partial charge in [-0.2, -0.15) is 0 Å². The number of nitrogens with one attached hydrogen (secondary N) is 1. The monoisotopic (exact) mass is 249 g/mol. The molecular formula is C14H20FN3. The van der Waals surface area contributed by atoms with Gasteiger partial charge in [0.2, 0.25) is 0 Å². The van der Waals surface area contributed by atoms with Gasteiger partial charge in [0.25, 0.3) is 0 Å². The molecule has 0 spiro atoms. The highest BCUT2D eigenvalue weighted by Gasteiger charge is 2.12. The van der Waals surface area contributed by atoms with Gasteiger partial charge in [-0.3, -0.25) is 4.99 Å². The van der Waals surface area contributed by atoms with Crippen LogP contribution < -0.4 is 11.3 Å². The molecule has 0 aromatic heterocycles. The summed E-state index contributed by atoms with van der Waals surface area (Å²) in [4.78, 5) is 4.64. The summed E-state index contributed by atoms with van der Waals surface area (Å²) in [6, 6.07) is 6.67. The average molecular weight is 249 g/mol. The topological polar surface area (TPSA) is 50.4 Å². The van der Waals surface area contributed by atoms with E-state index >= 15 is 0 Å². The van der Waals surface area contributed by atoms with Crippen molar-refractivity contribution in [2.45, 2.75) is 44.6 Å². The van der Waals surface area contributed by atoms with Crippen molar-refractivity contribution in [3.8, 4) is 0 Å². The first-order valence-corrected chi connectivity index (χ1v) is 6.60. The van der Waals surface area contributed by atoms with Gasteiger partial charge in [0.1, 0.15) is 11.7 Å². The van der Waals surface area contributed by atoms with Gasteiger partial charge >= 0.3 is 0 Å². The molecule has 0 aliphatic heterocycles. The second kappa shape index (κ2) is 6.50. The Balaban J connectivity index is 2.16. The molecule has 0 radical (unpaired) electrons. The molecule has 0 atom stereocenters. The van der Waals surface area contributed by atoms with E-state index in [1.165, 1.54) is 37.8 Å². The van der Waals surface area contributed by atoms with E-state index in [4.69, 9.17) is 5.84 Å². The summed E-state index contributed by atoms with van der Waals surface area (Å²) in [5.74, 6) is 5.83. The van der Waals surface area contributed by atoms with E-state index in [1.807, 2.05) is 6.07 Å². The normalized spacial score (nSPS) is 18.4. The van der Waals surface area contributed by atoms with Gasteiger partial charge in [-0.25, -0.2) is 10.2 Å². The maximum absolute atomic E-state index is 13.2. The Morgan fingerprint density at radius 1 is 1.22 bits per heavy atom. The SMILES string of the molecule is NNC(=NC1CCCCCC1)c1cccc(F)c1. The molecule has 0 amide bonds. The maximum Gasteiger partial charge on any atom is 0.142 e. The summed E-state index contributed by atoms with van der Waals surface area (Å²) in [7, 11) is 0. The molecule has 1 aliphatic rings. The molecule has 3 nitrogen and oxygen atoms in total. The summed E-state index contributed by atoms with van der Waals surface area (Å²) in [5.41, 5.74) is 3.31. The zero-order chi connectivity index (χ0) is 12.8. The van der Waals surface area contributed by atoms with E-state index in [0.717, 1.165) is 12.8 Å². The quantitative estimate of drug-likeness (QED) is 0.278. The van der Waals surface area contributed by atoms with Gasteiger partial charge in [-0.1, -0.05) is 37.8 Å². The zero-order valence-corrected chi connectivity index (χ0v) is 10.5. The highest BCUT2D eigenvalue weighted by atomic mass is 19.1. The van der Waals surface area contributed by atoms with E-state index in [0.29, 0.717) is 17.4 Å². The minimum Gasteiger partial charge on any atom is -0.308 e. The van der Waals surface area contributed by atoms with Crippen LogP contribution in [0.3, 0.4) is 0 Å². The Morgan fingerprint density at radius 2 is 1.94 bits per heavy atom. The van der Waals surface area contributed by atoms with Gasteiger partial charge in [-0.15, -0.1) is 0 Å². The van der Waals surface area contributed by atoms with Crippen LogP contribution in [0.4, 0.5) is 4.39 Å². The second-order valence-electron chi connectivity index (χ2n) is 4.78. The van der Waals surface area contributed by atoms with E-state index < -0.39 is 0 Å². The standard InChI is InChI=1S/C14H20FN3/c15-12-7-5-6-11(10-12)14(18-16)17-13-8-3-1-2-4-9-13/h5-7,10,13H,1-4,8-9,16H2,(H,17,18). The number of hydrogen-bond donors (Lipinski definition) is 2. The lowest BCUT2D eigenvalue weighted by Gasteiger charge is -2.12. The van der Waals surface area contributed by atoms with Crippen LogP contribution in [0, 0.1) is 5.82 Å². The van der Waals surface area contributed by atoms with Gasteiger partial charge in [0, 0.05) is 5.56 Å². The fourth-order valence-corrected chi connectivity index (χ4v) is 2.40. The summed E-state index contributed by atoms with van der Waals surface area (Å²) in [6.07, 6.45) is 7.21. The van der Waals surface area contributed by atoms with Crippen LogP contribution in [-0.2, 0) is 0 Å². The average Bonchev–Trinajstić information content (AvgIpc) is 2.64. The molecule has 1 aromatic carbocycles. The molecule has 3 N–H and O–H groups in total. The van der Waals surface area contributed by atoms with E-state index in [1.54, 1.807) is 6.07 Å². The zero-order valence-electron chi connectivity index (χ0n) is 10.5. The number of hydrazine groups is 1. The van der Waals surface area contributed by atoms with Crippen molar-refractivity contribution in [1.82, 2.24) is 5.43 Å². The molecular weight excluding hydrogens is 229 g/mol. The lowest BCUT2D eigenvalue weighted by Crippen LogP contribution is -2.32. The van der Waals surface area contributed by atoms with Crippen LogP contribution in [-0.4, -0.2) is 11.9 Å². The number of hydrogen-bond acceptors (Lipinski definition) is 2. The second-order valence-corrected chi connectivity index (χ2v) is 4.78. The van der Waals surface area contributed by atoms with Crippen LogP contribution >= 0.6 is 0 Å². The molecule has 1 fully saturated rings. The highest BCUT2D eigenvalue weighted by molar-refractivity contribution is 5.98. The molecule has 0 saturated heterocycles. The van der Waals surface area contributed by atoms with Crippen molar-refractivity contribution >= 4 is 5.84 Å². The number of aliphatic imine (C=N–C) groups is 1. The van der Waals surface area contributed by atoms with Gasteiger partial charge < -0.3 is 5.43 Å². The van der Waals surface area contributed by atoms with Gasteiger partial charge in [0.15, 0.2) is 0 Å². The number of halogens is 1. The fourth-order valence-electron chi connectivity index (χ4n) is 2.40. The summed E-state index contributed by atoms with van der Waals surface area (Å²) in [6.45, 7) is 0. The largest absolute Gasteiger partial charge is 0.308 e. The van der Waals surface area contributed by atoms with Gasteiger partial charge in [0.05, 0.1) is 6.04 Å². The lowest BCUT2D eigenvalue weighted by molar-refractivity contribution is 0.583. The Kier molecular flexibility index (Phi) is 4.70. The molecule has 2 rings (SSSR count). The minimum atomic E-state index is -0.267. The fraction of sp³-hybridized carbons (Fsp3) is 0.500. The lowest BCUT2D eigenvalue weighted by atomic mass is 10.1. The minimum absolute atomic E-state index is 0.267. The molecule has 98 valence electrons. The van der Waals surface area contributed by atoms with E-state index in [-0.39, 0.29) is 5.82 Å². The summed E-state index contributed by atoms with van der Waals surface area (Å²) in [5, 5.41) is 0. The Labute approximate surface area is 107 Å². The molecule has 0 bridgehead atoms. The van der Waals surface area contributed by atoms with Crippen molar-refractivity contribution in [2.24, 2.45) is 10.8 Å². The third kappa shape index (κ3) is 3.53. The highest BCUT2D eigenvalue weighted by Crippen LogP contribution is 2.20. The number of nitrogens with zero attached hydrogens (tertiary/aromatic N) is 1. The van der Waals surface area contributed by atoms with Crippen LogP contribution in [0.15, 0.2) is 29.3 Å². The third-order valence-corrected chi connectivity index (χ3v) is 3.37. The molecule has 0 unspecified atom stereocenters. The van der Waals surface area contributed by atoms with Crippen molar-refractivity contribution in [3.63, 3.8) is 0 Å². The molecule has 4 heteroatoms. The van der Waals surface area contributed by atoms with Crippen LogP contribution in [0.1, 0.15) is 44.1 Å². The van der Waals surface area contributed by atoms with Gasteiger partial charge in [-0.05, 0) is 25.0 Å². The van der Waals surface area contributed by atoms with Crippen molar-refractivity contribution in [1.29, 1.82) is 0 Å². The molecule has 1 saturated carbocycles. The van der Waals surface area contributed by atoms with E-state index in [2.05, 4.69) is 10.4 Å². The predicted molar refractivity (Wildman–Crippen MR) is 71.8 cm³/mol. The number of amidine groups is 1. The Hall–Kier alpha value is -1.42. The van der Waals surface area contributed by atoms with Crippen molar-refractivity contribution in [3.05, 3.63) is 35.6 Å². The Morgan fingerprint density at radius 3 is 2.56 bits per heavy atom. The molecule has 0 heterocycles. The molecule has 18 heavy (non-hydrogen) atoms.